The molecular weight excluding hydrogens is 188 g/mol. The van der Waals surface area contributed by atoms with E-state index in [-0.39, 0.29) is 5.54 Å². The number of nitrogens with two attached hydrogens (primary N) is 1. The molecule has 0 bridgehead atoms. The van der Waals surface area contributed by atoms with Gasteiger partial charge in [0.2, 0.25) is 0 Å². The minimum Gasteiger partial charge on any atom is -0.383 e. The second kappa shape index (κ2) is 5.83. The van der Waals surface area contributed by atoms with Crippen molar-refractivity contribution in [3.05, 3.63) is 0 Å². The standard InChI is InChI=1S/C12H26N2O/c1-12(9-13,10-15-3)14(2)11-7-5-4-6-8-11/h11H,4-10,13H2,1-3H3. The predicted octanol–water partition coefficient (Wildman–Crippen LogP) is 1.61. The number of hydrogen-bond donors (Lipinski definition) is 1. The first-order valence-electron chi connectivity index (χ1n) is 6.06. The highest BCUT2D eigenvalue weighted by atomic mass is 16.5. The first-order valence-corrected chi connectivity index (χ1v) is 6.06. The maximum Gasteiger partial charge on any atom is 0.0656 e. The smallest absolute Gasteiger partial charge is 0.0656 e. The quantitative estimate of drug-likeness (QED) is 0.755. The van der Waals surface area contributed by atoms with Crippen LogP contribution in [0.25, 0.3) is 0 Å². The molecule has 0 radical (unpaired) electrons. The molecule has 1 atom stereocenters. The molecule has 1 rings (SSSR count). The van der Waals surface area contributed by atoms with Gasteiger partial charge in [-0.1, -0.05) is 19.3 Å². The van der Waals surface area contributed by atoms with Crippen LogP contribution in [0.3, 0.4) is 0 Å². The normalized spacial score (nSPS) is 23.0. The second-order valence-corrected chi connectivity index (χ2v) is 5.04. The lowest BCUT2D eigenvalue weighted by Gasteiger charge is -2.44. The fourth-order valence-electron chi connectivity index (χ4n) is 2.52. The lowest BCUT2D eigenvalue weighted by Crippen LogP contribution is -2.57. The van der Waals surface area contributed by atoms with Gasteiger partial charge in [0.15, 0.2) is 0 Å². The van der Waals surface area contributed by atoms with E-state index in [0.29, 0.717) is 12.6 Å². The van der Waals surface area contributed by atoms with Crippen LogP contribution in [0.5, 0.6) is 0 Å². The van der Waals surface area contributed by atoms with Gasteiger partial charge in [-0.3, -0.25) is 4.90 Å². The Hall–Kier alpha value is -0.120. The lowest BCUT2D eigenvalue weighted by molar-refractivity contribution is 0.00765. The minimum atomic E-state index is -0.00322. The Labute approximate surface area is 94.0 Å². The van der Waals surface area contributed by atoms with Crippen molar-refractivity contribution in [2.45, 2.75) is 50.6 Å². The Morgan fingerprint density at radius 2 is 1.93 bits per heavy atom. The van der Waals surface area contributed by atoms with Crippen LogP contribution in [-0.4, -0.2) is 43.8 Å². The first kappa shape index (κ1) is 12.9. The van der Waals surface area contributed by atoms with Gasteiger partial charge in [0, 0.05) is 19.7 Å². The number of methoxy groups -OCH3 is 1. The van der Waals surface area contributed by atoms with E-state index in [4.69, 9.17) is 10.5 Å². The molecule has 0 aromatic rings. The van der Waals surface area contributed by atoms with Crippen LogP contribution in [-0.2, 0) is 4.74 Å². The van der Waals surface area contributed by atoms with Crippen molar-refractivity contribution in [1.29, 1.82) is 0 Å². The molecule has 0 heterocycles. The third-order valence-corrected chi connectivity index (χ3v) is 3.87. The molecular formula is C12H26N2O. The Bertz CT molecular complexity index is 180. The summed E-state index contributed by atoms with van der Waals surface area (Å²) in [4.78, 5) is 2.44. The van der Waals surface area contributed by atoms with Gasteiger partial charge in [-0.25, -0.2) is 0 Å². The summed E-state index contributed by atoms with van der Waals surface area (Å²) >= 11 is 0. The summed E-state index contributed by atoms with van der Waals surface area (Å²) in [6.45, 7) is 3.58. The molecule has 15 heavy (non-hydrogen) atoms. The SMILES string of the molecule is COCC(C)(CN)N(C)C1CCCCC1. The Kier molecular flexibility index (Phi) is 5.03. The molecule has 1 unspecified atom stereocenters. The van der Waals surface area contributed by atoms with Crippen LogP contribution in [0.15, 0.2) is 0 Å². The van der Waals surface area contributed by atoms with E-state index in [9.17, 15) is 0 Å². The maximum atomic E-state index is 5.88. The number of rotatable bonds is 5. The van der Waals surface area contributed by atoms with E-state index in [1.807, 2.05) is 0 Å². The van der Waals surface area contributed by atoms with Crippen LogP contribution < -0.4 is 5.73 Å². The summed E-state index contributed by atoms with van der Waals surface area (Å²) in [5, 5.41) is 0. The molecule has 1 aliphatic carbocycles. The summed E-state index contributed by atoms with van der Waals surface area (Å²) in [6.07, 6.45) is 6.75. The molecule has 0 aliphatic heterocycles. The highest BCUT2D eigenvalue weighted by Crippen LogP contribution is 2.26. The van der Waals surface area contributed by atoms with E-state index < -0.39 is 0 Å². The van der Waals surface area contributed by atoms with Gasteiger partial charge in [0.25, 0.3) is 0 Å². The summed E-state index contributed by atoms with van der Waals surface area (Å²) < 4.78 is 5.29. The summed E-state index contributed by atoms with van der Waals surface area (Å²) in [5.41, 5.74) is 5.88. The zero-order valence-corrected chi connectivity index (χ0v) is 10.5. The van der Waals surface area contributed by atoms with E-state index in [1.54, 1.807) is 7.11 Å². The molecule has 1 fully saturated rings. The van der Waals surface area contributed by atoms with Crippen molar-refractivity contribution in [2.24, 2.45) is 5.73 Å². The number of ether oxygens (including phenoxy) is 1. The number of likely N-dealkylation sites (N-methyl/N-ethyl adjacent to an activating group) is 1. The van der Waals surface area contributed by atoms with E-state index in [1.165, 1.54) is 32.1 Å². The highest BCUT2D eigenvalue weighted by molar-refractivity contribution is 4.90. The van der Waals surface area contributed by atoms with Crippen molar-refractivity contribution in [2.75, 3.05) is 27.3 Å². The van der Waals surface area contributed by atoms with Crippen molar-refractivity contribution in [3.63, 3.8) is 0 Å². The Balaban J connectivity index is 2.57. The van der Waals surface area contributed by atoms with Crippen LogP contribution in [0.2, 0.25) is 0 Å². The van der Waals surface area contributed by atoms with Crippen molar-refractivity contribution < 1.29 is 4.74 Å². The number of nitrogens with zero attached hydrogens (tertiary/aromatic N) is 1. The molecule has 1 saturated carbocycles. The Morgan fingerprint density at radius 3 is 2.40 bits per heavy atom. The first-order chi connectivity index (χ1) is 7.14. The molecule has 0 saturated heterocycles. The number of hydrogen-bond acceptors (Lipinski definition) is 3. The van der Waals surface area contributed by atoms with E-state index >= 15 is 0 Å². The summed E-state index contributed by atoms with van der Waals surface area (Å²) in [7, 11) is 3.95. The molecule has 0 amide bonds. The fraction of sp³-hybridized carbons (Fsp3) is 1.00. The molecule has 3 heteroatoms. The van der Waals surface area contributed by atoms with Gasteiger partial charge < -0.3 is 10.5 Å². The predicted molar refractivity (Wildman–Crippen MR) is 64.0 cm³/mol. The molecule has 0 aromatic carbocycles. The zero-order valence-electron chi connectivity index (χ0n) is 10.5. The molecule has 90 valence electrons. The summed E-state index contributed by atoms with van der Waals surface area (Å²) in [6, 6.07) is 0.697. The zero-order chi connectivity index (χ0) is 11.3. The molecule has 3 nitrogen and oxygen atoms in total. The third kappa shape index (κ3) is 3.16. The maximum absolute atomic E-state index is 5.88. The fourth-order valence-corrected chi connectivity index (χ4v) is 2.52. The van der Waals surface area contributed by atoms with Gasteiger partial charge >= 0.3 is 0 Å². The lowest BCUT2D eigenvalue weighted by atomic mass is 9.90. The van der Waals surface area contributed by atoms with E-state index in [2.05, 4.69) is 18.9 Å². The van der Waals surface area contributed by atoms with Gasteiger partial charge in [0.1, 0.15) is 0 Å². The summed E-state index contributed by atoms with van der Waals surface area (Å²) in [5.74, 6) is 0. The van der Waals surface area contributed by atoms with Gasteiger partial charge in [-0.15, -0.1) is 0 Å². The van der Waals surface area contributed by atoms with Crippen molar-refractivity contribution in [3.8, 4) is 0 Å². The van der Waals surface area contributed by atoms with E-state index in [0.717, 1.165) is 6.61 Å². The monoisotopic (exact) mass is 214 g/mol. The molecule has 0 spiro atoms. The average molecular weight is 214 g/mol. The van der Waals surface area contributed by atoms with Crippen LogP contribution in [0, 0.1) is 0 Å². The van der Waals surface area contributed by atoms with Crippen molar-refractivity contribution >= 4 is 0 Å². The second-order valence-electron chi connectivity index (χ2n) is 5.04. The van der Waals surface area contributed by atoms with Crippen LogP contribution in [0.1, 0.15) is 39.0 Å². The van der Waals surface area contributed by atoms with Crippen LogP contribution in [0.4, 0.5) is 0 Å². The van der Waals surface area contributed by atoms with Gasteiger partial charge in [-0.2, -0.15) is 0 Å². The highest BCUT2D eigenvalue weighted by Gasteiger charge is 2.33. The van der Waals surface area contributed by atoms with Gasteiger partial charge in [0.05, 0.1) is 12.1 Å². The third-order valence-electron chi connectivity index (χ3n) is 3.87. The van der Waals surface area contributed by atoms with Gasteiger partial charge in [-0.05, 0) is 26.8 Å². The topological polar surface area (TPSA) is 38.5 Å². The van der Waals surface area contributed by atoms with Crippen molar-refractivity contribution in [1.82, 2.24) is 4.90 Å². The minimum absolute atomic E-state index is 0.00322. The Morgan fingerprint density at radius 1 is 1.33 bits per heavy atom. The molecule has 0 aromatic heterocycles. The molecule has 1 aliphatic rings. The average Bonchev–Trinajstić information content (AvgIpc) is 2.29. The molecule has 2 N–H and O–H groups in total. The largest absolute Gasteiger partial charge is 0.383 e. The van der Waals surface area contributed by atoms with Crippen LogP contribution >= 0.6 is 0 Å².